The average Bonchev–Trinajstić information content (AvgIpc) is 2.74. The lowest BCUT2D eigenvalue weighted by Gasteiger charge is -2.15. The van der Waals surface area contributed by atoms with Gasteiger partial charge in [-0.3, -0.25) is 9.59 Å². The number of para-hydroxylation sites is 1. The molecule has 3 rings (SSSR count). The summed E-state index contributed by atoms with van der Waals surface area (Å²) in [6.07, 6.45) is 1.36. The van der Waals surface area contributed by atoms with Crippen molar-refractivity contribution in [1.29, 1.82) is 0 Å². The van der Waals surface area contributed by atoms with Crippen molar-refractivity contribution in [2.75, 3.05) is 10.2 Å². The monoisotopic (exact) mass is 278 g/mol. The molecule has 1 N–H and O–H groups in total. The fourth-order valence-electron chi connectivity index (χ4n) is 2.21. The molecule has 0 unspecified atom stereocenters. The van der Waals surface area contributed by atoms with E-state index in [1.807, 2.05) is 42.5 Å². The Bertz CT molecular complexity index is 718. The minimum atomic E-state index is -0.290. The summed E-state index contributed by atoms with van der Waals surface area (Å²) in [5, 5.41) is 3.25. The molecule has 4 nitrogen and oxygen atoms in total. The van der Waals surface area contributed by atoms with E-state index < -0.39 is 0 Å². The Labute approximate surface area is 122 Å². The number of anilines is 3. The van der Waals surface area contributed by atoms with E-state index in [-0.39, 0.29) is 11.8 Å². The van der Waals surface area contributed by atoms with Crippen LogP contribution < -0.4 is 10.2 Å². The highest BCUT2D eigenvalue weighted by molar-refractivity contribution is 6.30. The molecule has 104 valence electrons. The van der Waals surface area contributed by atoms with Gasteiger partial charge in [0.1, 0.15) is 0 Å². The van der Waals surface area contributed by atoms with Gasteiger partial charge in [0, 0.05) is 23.0 Å². The van der Waals surface area contributed by atoms with Gasteiger partial charge in [-0.15, -0.1) is 0 Å². The van der Waals surface area contributed by atoms with Crippen LogP contribution in [0.3, 0.4) is 0 Å². The van der Waals surface area contributed by atoms with Gasteiger partial charge in [0.05, 0.1) is 5.69 Å². The number of carbonyl (C=O) groups excluding carboxylic acids is 2. The standard InChI is InChI=1S/C17H14N2O2/c1-12-11-16(20)19(17(12)21)15-9-7-14(8-10-15)18-13-5-3-2-4-6-13/h2-11,18H,1H3. The highest BCUT2D eigenvalue weighted by Gasteiger charge is 2.29. The lowest BCUT2D eigenvalue weighted by molar-refractivity contribution is -0.120. The first kappa shape index (κ1) is 13.1. The van der Waals surface area contributed by atoms with Crippen LogP contribution in [-0.4, -0.2) is 11.8 Å². The molecule has 0 bridgehead atoms. The number of rotatable bonds is 3. The highest BCUT2D eigenvalue weighted by Crippen LogP contribution is 2.25. The molecule has 0 radical (unpaired) electrons. The molecule has 0 atom stereocenters. The Balaban J connectivity index is 1.79. The lowest BCUT2D eigenvalue weighted by Crippen LogP contribution is -2.30. The molecule has 2 aromatic rings. The number of benzene rings is 2. The normalized spacial score (nSPS) is 14.3. The van der Waals surface area contributed by atoms with Crippen LogP contribution in [0.4, 0.5) is 17.1 Å². The molecular weight excluding hydrogens is 264 g/mol. The number of hydrogen-bond donors (Lipinski definition) is 1. The molecule has 1 aliphatic rings. The summed E-state index contributed by atoms with van der Waals surface area (Å²) in [4.78, 5) is 24.9. The maximum absolute atomic E-state index is 11.9. The third kappa shape index (κ3) is 2.56. The minimum absolute atomic E-state index is 0.260. The number of imide groups is 1. The van der Waals surface area contributed by atoms with Crippen LogP contribution in [0.2, 0.25) is 0 Å². The molecule has 2 aromatic carbocycles. The van der Waals surface area contributed by atoms with Crippen LogP contribution in [0.15, 0.2) is 66.2 Å². The van der Waals surface area contributed by atoms with Gasteiger partial charge in [-0.25, -0.2) is 4.90 Å². The molecule has 0 fully saturated rings. The zero-order chi connectivity index (χ0) is 14.8. The zero-order valence-electron chi connectivity index (χ0n) is 11.5. The van der Waals surface area contributed by atoms with E-state index in [1.165, 1.54) is 11.0 Å². The number of carbonyl (C=O) groups is 2. The second kappa shape index (κ2) is 5.25. The van der Waals surface area contributed by atoms with Gasteiger partial charge in [0.2, 0.25) is 0 Å². The summed E-state index contributed by atoms with van der Waals surface area (Å²) < 4.78 is 0. The van der Waals surface area contributed by atoms with Crippen LogP contribution >= 0.6 is 0 Å². The molecule has 1 aliphatic heterocycles. The predicted octanol–water partition coefficient (Wildman–Crippen LogP) is 3.25. The van der Waals surface area contributed by atoms with E-state index in [0.717, 1.165) is 11.4 Å². The Morgan fingerprint density at radius 3 is 2.05 bits per heavy atom. The Morgan fingerprint density at radius 1 is 0.857 bits per heavy atom. The molecule has 0 spiro atoms. The molecule has 4 heteroatoms. The van der Waals surface area contributed by atoms with Crippen molar-refractivity contribution in [2.45, 2.75) is 6.92 Å². The number of nitrogens with zero attached hydrogens (tertiary/aromatic N) is 1. The molecule has 2 amide bonds. The minimum Gasteiger partial charge on any atom is -0.356 e. The quantitative estimate of drug-likeness (QED) is 0.877. The first-order chi connectivity index (χ1) is 10.1. The second-order valence-corrected chi connectivity index (χ2v) is 4.84. The van der Waals surface area contributed by atoms with E-state index in [9.17, 15) is 9.59 Å². The van der Waals surface area contributed by atoms with Crippen LogP contribution in [0.1, 0.15) is 6.92 Å². The van der Waals surface area contributed by atoms with E-state index in [4.69, 9.17) is 0 Å². The van der Waals surface area contributed by atoms with Crippen LogP contribution in [-0.2, 0) is 9.59 Å². The molecule has 1 heterocycles. The van der Waals surface area contributed by atoms with Gasteiger partial charge in [0.25, 0.3) is 11.8 Å². The summed E-state index contributed by atoms with van der Waals surface area (Å²) in [5.74, 6) is -0.551. The molecule has 0 aromatic heterocycles. The van der Waals surface area contributed by atoms with Crippen molar-refractivity contribution >= 4 is 28.9 Å². The highest BCUT2D eigenvalue weighted by atomic mass is 16.2. The van der Waals surface area contributed by atoms with Gasteiger partial charge in [0.15, 0.2) is 0 Å². The molecular formula is C17H14N2O2. The van der Waals surface area contributed by atoms with E-state index in [1.54, 1.807) is 19.1 Å². The molecule has 21 heavy (non-hydrogen) atoms. The van der Waals surface area contributed by atoms with Gasteiger partial charge in [-0.05, 0) is 43.3 Å². The topological polar surface area (TPSA) is 49.4 Å². The summed E-state index contributed by atoms with van der Waals surface area (Å²) in [6.45, 7) is 1.64. The number of nitrogens with one attached hydrogen (secondary N) is 1. The van der Waals surface area contributed by atoms with Gasteiger partial charge in [-0.2, -0.15) is 0 Å². The summed E-state index contributed by atoms with van der Waals surface area (Å²) in [5.41, 5.74) is 2.92. The maximum Gasteiger partial charge on any atom is 0.261 e. The van der Waals surface area contributed by atoms with Crippen LogP contribution in [0.25, 0.3) is 0 Å². The molecule has 0 aliphatic carbocycles. The van der Waals surface area contributed by atoms with Crippen LogP contribution in [0.5, 0.6) is 0 Å². The third-order valence-corrected chi connectivity index (χ3v) is 3.29. The van der Waals surface area contributed by atoms with Crippen molar-refractivity contribution < 1.29 is 9.59 Å². The van der Waals surface area contributed by atoms with Crippen molar-refractivity contribution in [3.8, 4) is 0 Å². The van der Waals surface area contributed by atoms with Gasteiger partial charge in [-0.1, -0.05) is 18.2 Å². The van der Waals surface area contributed by atoms with E-state index in [0.29, 0.717) is 11.3 Å². The lowest BCUT2D eigenvalue weighted by atomic mass is 10.2. The smallest absolute Gasteiger partial charge is 0.261 e. The fourth-order valence-corrected chi connectivity index (χ4v) is 2.21. The number of amides is 2. The van der Waals surface area contributed by atoms with Crippen molar-refractivity contribution in [3.05, 3.63) is 66.2 Å². The van der Waals surface area contributed by atoms with Gasteiger partial charge < -0.3 is 5.32 Å². The summed E-state index contributed by atoms with van der Waals surface area (Å²) >= 11 is 0. The van der Waals surface area contributed by atoms with Crippen LogP contribution in [0, 0.1) is 0 Å². The summed E-state index contributed by atoms with van der Waals surface area (Å²) in [6, 6.07) is 17.0. The van der Waals surface area contributed by atoms with Crippen molar-refractivity contribution in [3.63, 3.8) is 0 Å². The second-order valence-electron chi connectivity index (χ2n) is 4.84. The van der Waals surface area contributed by atoms with Gasteiger partial charge >= 0.3 is 0 Å². The third-order valence-electron chi connectivity index (χ3n) is 3.29. The maximum atomic E-state index is 11.9. The SMILES string of the molecule is CC1=CC(=O)N(c2ccc(Nc3ccccc3)cc2)C1=O. The van der Waals surface area contributed by atoms with Crippen molar-refractivity contribution in [2.24, 2.45) is 0 Å². The first-order valence-corrected chi connectivity index (χ1v) is 6.64. The molecule has 0 saturated heterocycles. The summed E-state index contributed by atoms with van der Waals surface area (Å²) in [7, 11) is 0. The Morgan fingerprint density at radius 2 is 1.48 bits per heavy atom. The predicted molar refractivity (Wildman–Crippen MR) is 82.4 cm³/mol. The Hall–Kier alpha value is -2.88. The zero-order valence-corrected chi connectivity index (χ0v) is 11.5. The van der Waals surface area contributed by atoms with E-state index >= 15 is 0 Å². The van der Waals surface area contributed by atoms with Crippen molar-refractivity contribution in [1.82, 2.24) is 0 Å². The fraction of sp³-hybridized carbons (Fsp3) is 0.0588. The first-order valence-electron chi connectivity index (χ1n) is 6.64. The largest absolute Gasteiger partial charge is 0.356 e. The Kier molecular flexibility index (Phi) is 3.28. The van der Waals surface area contributed by atoms with E-state index in [2.05, 4.69) is 5.32 Å². The molecule has 0 saturated carbocycles. The average molecular weight is 278 g/mol. The number of hydrogen-bond acceptors (Lipinski definition) is 3.